The van der Waals surface area contributed by atoms with Crippen molar-refractivity contribution in [1.29, 1.82) is 0 Å². The van der Waals surface area contributed by atoms with E-state index in [2.05, 4.69) is 16.0 Å². The van der Waals surface area contributed by atoms with Crippen molar-refractivity contribution in [2.24, 2.45) is 5.92 Å². The zero-order valence-electron chi connectivity index (χ0n) is 19.5. The van der Waals surface area contributed by atoms with E-state index in [1.54, 1.807) is 41.2 Å². The first-order valence-electron chi connectivity index (χ1n) is 12.0. The highest BCUT2D eigenvalue weighted by Crippen LogP contribution is 2.22. The quantitative estimate of drug-likeness (QED) is 0.545. The third-order valence-corrected chi connectivity index (χ3v) is 6.88. The van der Waals surface area contributed by atoms with Gasteiger partial charge in [-0.1, -0.05) is 0 Å². The molecule has 0 spiro atoms. The van der Waals surface area contributed by atoms with Crippen LogP contribution in [0.1, 0.15) is 36.0 Å². The number of nitrogens with one attached hydrogen (secondary N) is 3. The summed E-state index contributed by atoms with van der Waals surface area (Å²) in [5.41, 5.74) is 0.491. The molecule has 3 fully saturated rings. The number of carbonyl (C=O) groups is 4. The lowest BCUT2D eigenvalue weighted by Crippen LogP contribution is -2.64. The van der Waals surface area contributed by atoms with Crippen LogP contribution in [0.25, 0.3) is 0 Å². The van der Waals surface area contributed by atoms with Gasteiger partial charge in [0.1, 0.15) is 17.8 Å². The maximum absolute atomic E-state index is 13.4. The van der Waals surface area contributed by atoms with Crippen molar-refractivity contribution in [1.82, 2.24) is 25.8 Å². The molecule has 0 radical (unpaired) electrons. The molecule has 3 saturated heterocycles. The summed E-state index contributed by atoms with van der Waals surface area (Å²) >= 11 is 0. The summed E-state index contributed by atoms with van der Waals surface area (Å²) in [5.74, 6) is -0.346. The lowest BCUT2D eigenvalue weighted by molar-refractivity contribution is -0.147. The first-order chi connectivity index (χ1) is 16.5. The average Bonchev–Trinajstić information content (AvgIpc) is 2.89. The number of benzene rings is 1. The molecule has 1 aromatic carbocycles. The van der Waals surface area contributed by atoms with E-state index < -0.39 is 18.0 Å². The molecule has 1 aromatic rings. The van der Waals surface area contributed by atoms with Gasteiger partial charge in [0, 0.05) is 31.1 Å². The molecule has 2 atom stereocenters. The third-order valence-electron chi connectivity index (χ3n) is 6.88. The lowest BCUT2D eigenvalue weighted by Gasteiger charge is -2.42. The molecule has 0 aliphatic carbocycles. The van der Waals surface area contributed by atoms with Crippen molar-refractivity contribution >= 4 is 23.6 Å². The third kappa shape index (κ3) is 5.32. The molecule has 10 heteroatoms. The predicted octanol–water partition coefficient (Wildman–Crippen LogP) is -0.257. The Hall–Kier alpha value is -3.14. The van der Waals surface area contributed by atoms with Crippen LogP contribution in [-0.2, 0) is 14.4 Å². The molecule has 34 heavy (non-hydrogen) atoms. The molecular formula is C24H33N5O5. The summed E-state index contributed by atoms with van der Waals surface area (Å²) in [4.78, 5) is 55.3. The summed E-state index contributed by atoms with van der Waals surface area (Å²) in [7, 11) is 1.56. The van der Waals surface area contributed by atoms with Crippen LogP contribution in [0.2, 0.25) is 0 Å². The van der Waals surface area contributed by atoms with Gasteiger partial charge in [-0.25, -0.2) is 0 Å². The fourth-order valence-corrected chi connectivity index (χ4v) is 4.85. The largest absolute Gasteiger partial charge is 0.497 e. The van der Waals surface area contributed by atoms with E-state index in [0.717, 1.165) is 32.4 Å². The van der Waals surface area contributed by atoms with Crippen molar-refractivity contribution in [3.05, 3.63) is 29.8 Å². The Kier molecular flexibility index (Phi) is 7.66. The van der Waals surface area contributed by atoms with E-state index in [1.165, 1.54) is 0 Å². The fraction of sp³-hybridized carbons (Fsp3) is 0.583. The van der Waals surface area contributed by atoms with Crippen molar-refractivity contribution in [2.45, 2.75) is 37.8 Å². The number of piperidine rings is 2. The Morgan fingerprint density at radius 1 is 1.03 bits per heavy atom. The zero-order chi connectivity index (χ0) is 24.1. The van der Waals surface area contributed by atoms with Crippen LogP contribution in [0.15, 0.2) is 24.3 Å². The van der Waals surface area contributed by atoms with Gasteiger partial charge in [0.25, 0.3) is 5.91 Å². The maximum atomic E-state index is 13.4. The van der Waals surface area contributed by atoms with E-state index in [4.69, 9.17) is 4.74 Å². The van der Waals surface area contributed by atoms with Gasteiger partial charge >= 0.3 is 0 Å². The topological polar surface area (TPSA) is 120 Å². The van der Waals surface area contributed by atoms with E-state index >= 15 is 0 Å². The molecular weight excluding hydrogens is 438 g/mol. The van der Waals surface area contributed by atoms with E-state index in [9.17, 15) is 19.2 Å². The molecule has 3 aliphatic heterocycles. The average molecular weight is 472 g/mol. The number of carbonyl (C=O) groups excluding carboxylic acids is 4. The van der Waals surface area contributed by atoms with Gasteiger partial charge in [-0.2, -0.15) is 0 Å². The summed E-state index contributed by atoms with van der Waals surface area (Å²) in [6.07, 6.45) is 2.79. The van der Waals surface area contributed by atoms with Gasteiger partial charge in [-0.05, 0) is 63.0 Å². The lowest BCUT2D eigenvalue weighted by atomic mass is 9.95. The van der Waals surface area contributed by atoms with Crippen LogP contribution >= 0.6 is 0 Å². The Balaban J connectivity index is 1.51. The van der Waals surface area contributed by atoms with Crippen molar-refractivity contribution in [2.75, 3.05) is 46.4 Å². The van der Waals surface area contributed by atoms with Crippen molar-refractivity contribution in [3.8, 4) is 5.75 Å². The van der Waals surface area contributed by atoms with Crippen molar-refractivity contribution < 1.29 is 23.9 Å². The van der Waals surface area contributed by atoms with Gasteiger partial charge < -0.3 is 30.5 Å². The number of rotatable bonds is 5. The number of amides is 4. The number of piperazine rings is 1. The van der Waals surface area contributed by atoms with Crippen LogP contribution in [0, 0.1) is 5.92 Å². The fourth-order valence-electron chi connectivity index (χ4n) is 4.85. The molecule has 0 saturated carbocycles. The molecule has 3 N–H and O–H groups in total. The van der Waals surface area contributed by atoms with E-state index in [-0.39, 0.29) is 36.7 Å². The molecule has 10 nitrogen and oxygen atoms in total. The Bertz CT molecular complexity index is 915. The molecule has 4 rings (SSSR count). The zero-order valence-corrected chi connectivity index (χ0v) is 19.5. The number of methoxy groups -OCH3 is 1. The predicted molar refractivity (Wildman–Crippen MR) is 124 cm³/mol. The Labute approximate surface area is 199 Å². The minimum absolute atomic E-state index is 0.0497. The summed E-state index contributed by atoms with van der Waals surface area (Å²) < 4.78 is 5.16. The second-order valence-corrected chi connectivity index (χ2v) is 9.05. The first kappa shape index (κ1) is 24.0. The highest BCUT2D eigenvalue weighted by atomic mass is 16.5. The first-order valence-corrected chi connectivity index (χ1v) is 12.0. The number of ether oxygens (including phenoxy) is 1. The maximum Gasteiger partial charge on any atom is 0.254 e. The summed E-state index contributed by atoms with van der Waals surface area (Å²) in [6, 6.07) is 5.36. The van der Waals surface area contributed by atoms with Gasteiger partial charge in [0.15, 0.2) is 0 Å². The van der Waals surface area contributed by atoms with Gasteiger partial charge in [0.05, 0.1) is 13.7 Å². The highest BCUT2D eigenvalue weighted by Gasteiger charge is 2.40. The number of hydrogen-bond donors (Lipinski definition) is 3. The number of nitrogens with zero attached hydrogens (tertiary/aromatic N) is 2. The molecule has 3 aliphatic rings. The van der Waals surface area contributed by atoms with E-state index in [0.29, 0.717) is 30.8 Å². The van der Waals surface area contributed by atoms with Crippen molar-refractivity contribution in [3.63, 3.8) is 0 Å². The molecule has 3 heterocycles. The van der Waals surface area contributed by atoms with Gasteiger partial charge in [-0.15, -0.1) is 0 Å². The standard InChI is InChI=1S/C24H33N5O5/c1-34-18-6-4-16(5-7-18)23(32)28-13-14-29(24(33)17-8-11-25-12-9-17)20(15-28)22(31)27-19-3-2-10-26-21(19)30/h4-7,17,19-20,25H,2-3,8-15H2,1H3,(H,26,30)(H,27,31). The summed E-state index contributed by atoms with van der Waals surface area (Å²) in [5, 5.41) is 8.85. The van der Waals surface area contributed by atoms with Crippen LogP contribution in [0.3, 0.4) is 0 Å². The Morgan fingerprint density at radius 2 is 1.76 bits per heavy atom. The SMILES string of the molecule is COc1ccc(C(=O)N2CCN(C(=O)C3CCNCC3)C(C(=O)NC3CCCNC3=O)C2)cc1. The molecule has 2 unspecified atom stereocenters. The van der Waals surface area contributed by atoms with Gasteiger partial charge in [0.2, 0.25) is 17.7 Å². The minimum Gasteiger partial charge on any atom is -0.497 e. The smallest absolute Gasteiger partial charge is 0.254 e. The normalized spacial score (nSPS) is 23.7. The van der Waals surface area contributed by atoms with E-state index in [1.807, 2.05) is 0 Å². The van der Waals surface area contributed by atoms with Crippen LogP contribution in [0.4, 0.5) is 0 Å². The monoisotopic (exact) mass is 471 g/mol. The van der Waals surface area contributed by atoms with Crippen LogP contribution in [-0.4, -0.2) is 91.9 Å². The van der Waals surface area contributed by atoms with Crippen LogP contribution in [0.5, 0.6) is 5.75 Å². The Morgan fingerprint density at radius 3 is 2.44 bits per heavy atom. The van der Waals surface area contributed by atoms with Gasteiger partial charge in [-0.3, -0.25) is 19.2 Å². The molecule has 184 valence electrons. The molecule has 0 bridgehead atoms. The molecule has 4 amide bonds. The molecule has 0 aromatic heterocycles. The minimum atomic E-state index is -0.840. The second-order valence-electron chi connectivity index (χ2n) is 9.05. The second kappa shape index (κ2) is 10.9. The van der Waals surface area contributed by atoms with Crippen LogP contribution < -0.4 is 20.7 Å². The highest BCUT2D eigenvalue weighted by molar-refractivity contribution is 5.97. The number of hydrogen-bond acceptors (Lipinski definition) is 6. The summed E-state index contributed by atoms with van der Waals surface area (Å²) in [6.45, 7) is 2.84.